The van der Waals surface area contributed by atoms with E-state index in [1.807, 2.05) is 80.4 Å². The topological polar surface area (TPSA) is 41.1 Å². The summed E-state index contributed by atoms with van der Waals surface area (Å²) in [6.07, 6.45) is 4.06. The lowest BCUT2D eigenvalue weighted by molar-refractivity contribution is -0.117. The van der Waals surface area contributed by atoms with E-state index in [0.29, 0.717) is 0 Å². The lowest BCUT2D eigenvalue weighted by Crippen LogP contribution is -2.34. The third-order valence-electron chi connectivity index (χ3n) is 5.05. The smallest absolute Gasteiger partial charge is 0.240 e. The van der Waals surface area contributed by atoms with Crippen molar-refractivity contribution in [2.75, 3.05) is 30.1 Å². The quantitative estimate of drug-likeness (QED) is 0.199. The summed E-state index contributed by atoms with van der Waals surface area (Å²) in [5.41, 5.74) is 4.68. The molecule has 3 rings (SSSR count). The number of carbonyl (C=O) groups excluding carboxylic acids is 1. The van der Waals surface area contributed by atoms with Crippen molar-refractivity contribution in [3.63, 3.8) is 0 Å². The molecule has 190 valence electrons. The zero-order valence-electron chi connectivity index (χ0n) is 21.7. The maximum absolute atomic E-state index is 12.3. The maximum atomic E-state index is 12.3. The Morgan fingerprint density at radius 2 is 1.43 bits per heavy atom. The third-order valence-corrected chi connectivity index (χ3v) is 7.54. The molecule has 0 spiro atoms. The molecule has 0 unspecified atom stereocenters. The van der Waals surface area contributed by atoms with E-state index in [1.165, 1.54) is 14.7 Å². The van der Waals surface area contributed by atoms with Crippen molar-refractivity contribution in [2.45, 2.75) is 39.0 Å². The van der Waals surface area contributed by atoms with Gasteiger partial charge in [0.25, 0.3) is 0 Å². The Hall–Kier alpha value is -1.48. The molecule has 0 bridgehead atoms. The standard InChI is InChI=1S/C15H23IN2OS2.2C7H8/c1-15(2,21-4)14(19)18-13-6-5-12(16)9-11(13)10-17-7-8-20-3;2*1-7-5-3-2-4-6-7/h5-6,9,17H,7-8,10H2,1-4H3,(H,18,19);2*2-6H,1H3. The molecule has 3 aromatic rings. The third kappa shape index (κ3) is 14.0. The van der Waals surface area contributed by atoms with E-state index in [1.54, 1.807) is 11.8 Å². The molecule has 0 saturated carbocycles. The number of anilines is 1. The minimum absolute atomic E-state index is 0.0431. The van der Waals surface area contributed by atoms with Gasteiger partial charge < -0.3 is 10.6 Å². The van der Waals surface area contributed by atoms with Crippen LogP contribution in [0.5, 0.6) is 0 Å². The molecule has 35 heavy (non-hydrogen) atoms. The zero-order chi connectivity index (χ0) is 26.1. The molecular formula is C29H39IN2OS2. The zero-order valence-corrected chi connectivity index (χ0v) is 25.5. The first-order valence-electron chi connectivity index (χ1n) is 11.6. The van der Waals surface area contributed by atoms with Gasteiger partial charge in [-0.3, -0.25) is 4.79 Å². The molecule has 0 aliphatic carbocycles. The second-order valence-corrected chi connectivity index (χ2v) is 12.1. The van der Waals surface area contributed by atoms with E-state index in [4.69, 9.17) is 0 Å². The highest BCUT2D eigenvalue weighted by Crippen LogP contribution is 2.25. The Bertz CT molecular complexity index is 945. The predicted octanol–water partition coefficient (Wildman–Crippen LogP) is 7.81. The first-order valence-corrected chi connectivity index (χ1v) is 15.3. The van der Waals surface area contributed by atoms with Crippen LogP contribution >= 0.6 is 46.1 Å². The van der Waals surface area contributed by atoms with Crippen LogP contribution in [0, 0.1) is 17.4 Å². The van der Waals surface area contributed by atoms with E-state index in [2.05, 4.69) is 83.7 Å². The van der Waals surface area contributed by atoms with Gasteiger partial charge in [-0.2, -0.15) is 11.8 Å². The highest BCUT2D eigenvalue weighted by atomic mass is 127. The molecule has 0 heterocycles. The summed E-state index contributed by atoms with van der Waals surface area (Å²) in [5, 5.41) is 6.48. The van der Waals surface area contributed by atoms with Gasteiger partial charge in [0.2, 0.25) is 5.91 Å². The number of halogens is 1. The first kappa shape index (κ1) is 31.5. The molecular weight excluding hydrogens is 583 g/mol. The van der Waals surface area contributed by atoms with Crippen LogP contribution in [0.25, 0.3) is 0 Å². The fourth-order valence-corrected chi connectivity index (χ4v) is 3.80. The van der Waals surface area contributed by atoms with Gasteiger partial charge in [-0.05, 0) is 86.6 Å². The van der Waals surface area contributed by atoms with Crippen LogP contribution in [0.3, 0.4) is 0 Å². The summed E-state index contributed by atoms with van der Waals surface area (Å²) < 4.78 is 0.753. The lowest BCUT2D eigenvalue weighted by atomic mass is 10.1. The summed E-state index contributed by atoms with van der Waals surface area (Å²) in [7, 11) is 0. The molecule has 3 aromatic carbocycles. The van der Waals surface area contributed by atoms with Crippen molar-refractivity contribution in [2.24, 2.45) is 0 Å². The van der Waals surface area contributed by atoms with Gasteiger partial charge in [0.15, 0.2) is 0 Å². The summed E-state index contributed by atoms with van der Waals surface area (Å²) in [6.45, 7) is 9.79. The number of amides is 1. The van der Waals surface area contributed by atoms with E-state index >= 15 is 0 Å². The number of benzene rings is 3. The molecule has 0 aliphatic rings. The van der Waals surface area contributed by atoms with Crippen molar-refractivity contribution in [3.05, 3.63) is 99.1 Å². The molecule has 6 heteroatoms. The molecule has 0 atom stereocenters. The Labute approximate surface area is 234 Å². The highest BCUT2D eigenvalue weighted by molar-refractivity contribution is 14.1. The number of hydrogen-bond acceptors (Lipinski definition) is 4. The number of hydrogen-bond donors (Lipinski definition) is 2. The Morgan fingerprint density at radius 3 is 1.86 bits per heavy atom. The maximum Gasteiger partial charge on any atom is 0.240 e. The predicted molar refractivity (Wildman–Crippen MR) is 168 cm³/mol. The Kier molecular flexibility index (Phi) is 16.1. The Morgan fingerprint density at radius 1 is 0.886 bits per heavy atom. The largest absolute Gasteiger partial charge is 0.325 e. The first-order chi connectivity index (χ1) is 16.7. The molecule has 0 aliphatic heterocycles. The average molecular weight is 623 g/mol. The number of nitrogens with one attached hydrogen (secondary N) is 2. The molecule has 0 saturated heterocycles. The second-order valence-electron chi connectivity index (χ2n) is 8.45. The van der Waals surface area contributed by atoms with Gasteiger partial charge in [-0.25, -0.2) is 0 Å². The van der Waals surface area contributed by atoms with Crippen LogP contribution in [0.1, 0.15) is 30.5 Å². The second kappa shape index (κ2) is 17.9. The van der Waals surface area contributed by atoms with Gasteiger partial charge in [0.1, 0.15) is 0 Å². The van der Waals surface area contributed by atoms with Crippen LogP contribution in [-0.2, 0) is 11.3 Å². The fraction of sp³-hybridized carbons (Fsp3) is 0.345. The highest BCUT2D eigenvalue weighted by Gasteiger charge is 2.26. The average Bonchev–Trinajstić information content (AvgIpc) is 2.85. The molecule has 2 N–H and O–H groups in total. The van der Waals surface area contributed by atoms with E-state index in [-0.39, 0.29) is 5.91 Å². The van der Waals surface area contributed by atoms with Crippen molar-refractivity contribution >= 4 is 57.7 Å². The molecule has 1 amide bonds. The monoisotopic (exact) mass is 622 g/mol. The number of aryl methyl sites for hydroxylation is 2. The van der Waals surface area contributed by atoms with Crippen molar-refractivity contribution in [3.8, 4) is 0 Å². The summed E-state index contributed by atoms with van der Waals surface area (Å²) in [4.78, 5) is 12.3. The number of thioether (sulfide) groups is 2. The fourth-order valence-electron chi connectivity index (χ4n) is 2.66. The molecule has 0 radical (unpaired) electrons. The van der Waals surface area contributed by atoms with Gasteiger partial charge in [-0.1, -0.05) is 71.8 Å². The summed E-state index contributed by atoms with van der Waals surface area (Å²) in [5.74, 6) is 1.13. The van der Waals surface area contributed by atoms with Crippen LogP contribution in [0.4, 0.5) is 5.69 Å². The Balaban J connectivity index is 0.000000350. The van der Waals surface area contributed by atoms with Gasteiger partial charge >= 0.3 is 0 Å². The van der Waals surface area contributed by atoms with Crippen LogP contribution in [0.2, 0.25) is 0 Å². The number of carbonyl (C=O) groups is 1. The van der Waals surface area contributed by atoms with Gasteiger partial charge in [0, 0.05) is 28.1 Å². The SMILES string of the molecule is CSCCNCc1cc(I)ccc1NC(=O)C(C)(C)SC.Cc1ccccc1.Cc1ccccc1. The van der Waals surface area contributed by atoms with E-state index in [9.17, 15) is 4.79 Å². The van der Waals surface area contributed by atoms with Crippen molar-refractivity contribution < 1.29 is 4.79 Å². The molecule has 0 aromatic heterocycles. The van der Waals surface area contributed by atoms with Crippen LogP contribution in [-0.4, -0.2) is 35.5 Å². The normalized spacial score (nSPS) is 10.4. The minimum Gasteiger partial charge on any atom is -0.325 e. The number of rotatable bonds is 8. The van der Waals surface area contributed by atoms with Crippen LogP contribution in [0.15, 0.2) is 78.9 Å². The summed E-state index contributed by atoms with van der Waals surface area (Å²) >= 11 is 5.68. The van der Waals surface area contributed by atoms with Crippen molar-refractivity contribution in [1.29, 1.82) is 0 Å². The lowest BCUT2D eigenvalue weighted by Gasteiger charge is -2.22. The van der Waals surface area contributed by atoms with E-state index in [0.717, 1.165) is 30.1 Å². The molecule has 3 nitrogen and oxygen atoms in total. The van der Waals surface area contributed by atoms with Crippen molar-refractivity contribution in [1.82, 2.24) is 5.32 Å². The van der Waals surface area contributed by atoms with Gasteiger partial charge in [0.05, 0.1) is 4.75 Å². The van der Waals surface area contributed by atoms with Crippen LogP contribution < -0.4 is 10.6 Å². The van der Waals surface area contributed by atoms with Gasteiger partial charge in [-0.15, -0.1) is 11.8 Å². The minimum atomic E-state index is -0.424. The van der Waals surface area contributed by atoms with E-state index < -0.39 is 4.75 Å². The molecule has 0 fully saturated rings. The summed E-state index contributed by atoms with van der Waals surface area (Å²) in [6, 6.07) is 26.7.